The van der Waals surface area contributed by atoms with E-state index in [1.807, 2.05) is 0 Å². The number of nitrogens with zero attached hydrogens (tertiary/aromatic N) is 4. The maximum atomic E-state index is 12.0. The quantitative estimate of drug-likeness (QED) is 0.658. The van der Waals surface area contributed by atoms with Crippen molar-refractivity contribution in [1.29, 1.82) is 0 Å². The number of halogens is 1. The number of hydrogen-bond donors (Lipinski definition) is 2. The van der Waals surface area contributed by atoms with Crippen molar-refractivity contribution < 1.29 is 9.59 Å². The third kappa shape index (κ3) is 3.60. The summed E-state index contributed by atoms with van der Waals surface area (Å²) >= 11 is 4.55. The number of hydrazine groups is 1. The van der Waals surface area contributed by atoms with Gasteiger partial charge in [-0.25, -0.2) is 4.68 Å². The van der Waals surface area contributed by atoms with Gasteiger partial charge in [-0.1, -0.05) is 0 Å². The molecule has 10 heteroatoms. The average Bonchev–Trinajstić information content (AvgIpc) is 3.24. The molecule has 0 fully saturated rings. The monoisotopic (exact) mass is 392 g/mol. The van der Waals surface area contributed by atoms with E-state index in [9.17, 15) is 9.59 Å². The molecule has 2 aromatic heterocycles. The molecule has 2 amide bonds. The molecule has 3 rings (SSSR count). The molecule has 0 saturated heterocycles. The Kier molecular flexibility index (Phi) is 4.44. The molecule has 0 unspecified atom stereocenters. The van der Waals surface area contributed by atoms with Crippen molar-refractivity contribution >= 4 is 39.1 Å². The normalized spacial score (nSPS) is 10.3. The highest BCUT2D eigenvalue weighted by atomic mass is 79.9. The smallest absolute Gasteiger partial charge is 0.267 e. The second-order valence-corrected chi connectivity index (χ2v) is 6.78. The van der Waals surface area contributed by atoms with Gasteiger partial charge in [0.15, 0.2) is 0 Å². The molecule has 23 heavy (non-hydrogen) atoms. The lowest BCUT2D eigenvalue weighted by Crippen LogP contribution is -2.41. The summed E-state index contributed by atoms with van der Waals surface area (Å²) in [5.41, 5.74) is 5.85. The van der Waals surface area contributed by atoms with Crippen LogP contribution in [0.2, 0.25) is 0 Å². The summed E-state index contributed by atoms with van der Waals surface area (Å²) in [4.78, 5) is 24.3. The molecule has 2 N–H and O–H groups in total. The molecule has 0 aliphatic rings. The van der Waals surface area contributed by atoms with E-state index in [4.69, 9.17) is 0 Å². The molecule has 0 atom stereocenters. The zero-order valence-corrected chi connectivity index (χ0v) is 13.8. The Labute approximate surface area is 142 Å². The van der Waals surface area contributed by atoms with Gasteiger partial charge in [0, 0.05) is 5.56 Å². The van der Waals surface area contributed by atoms with E-state index in [0.717, 1.165) is 9.47 Å². The van der Waals surface area contributed by atoms with E-state index in [2.05, 4.69) is 42.3 Å². The summed E-state index contributed by atoms with van der Waals surface area (Å²) in [6.07, 6.45) is 1.45. The van der Waals surface area contributed by atoms with Crippen LogP contribution in [0.15, 0.2) is 46.5 Å². The number of thiophene rings is 1. The van der Waals surface area contributed by atoms with Crippen LogP contribution in [0.1, 0.15) is 20.0 Å². The maximum Gasteiger partial charge on any atom is 0.279 e. The highest BCUT2D eigenvalue weighted by Gasteiger charge is 2.11. The second-order valence-electron chi connectivity index (χ2n) is 4.31. The number of aromatic nitrogens is 4. The Bertz CT molecular complexity index is 831. The summed E-state index contributed by atoms with van der Waals surface area (Å²) in [5, 5.41) is 10.8. The fraction of sp³-hybridized carbons (Fsp3) is 0. The van der Waals surface area contributed by atoms with Crippen LogP contribution >= 0.6 is 27.3 Å². The number of benzene rings is 1. The molecular weight excluding hydrogens is 384 g/mol. The maximum absolute atomic E-state index is 12.0. The summed E-state index contributed by atoms with van der Waals surface area (Å²) in [6, 6.07) is 10.0. The van der Waals surface area contributed by atoms with E-state index in [1.165, 1.54) is 22.3 Å². The van der Waals surface area contributed by atoms with Gasteiger partial charge in [-0.15, -0.1) is 16.4 Å². The van der Waals surface area contributed by atoms with Gasteiger partial charge in [-0.05, 0) is 62.8 Å². The number of nitrogens with one attached hydrogen (secondary N) is 2. The fourth-order valence-corrected chi connectivity index (χ4v) is 3.01. The molecule has 2 heterocycles. The Morgan fingerprint density at radius 3 is 2.39 bits per heavy atom. The highest BCUT2D eigenvalue weighted by Crippen LogP contribution is 2.21. The summed E-state index contributed by atoms with van der Waals surface area (Å²) in [6.45, 7) is 0. The molecule has 0 spiro atoms. The van der Waals surface area contributed by atoms with Gasteiger partial charge >= 0.3 is 0 Å². The molecule has 0 aliphatic heterocycles. The third-order valence-electron chi connectivity index (χ3n) is 2.83. The first kappa shape index (κ1) is 15.3. The lowest BCUT2D eigenvalue weighted by atomic mass is 10.2. The van der Waals surface area contributed by atoms with Gasteiger partial charge in [-0.2, -0.15) is 0 Å². The highest BCUT2D eigenvalue weighted by molar-refractivity contribution is 9.11. The predicted molar refractivity (Wildman–Crippen MR) is 86.1 cm³/mol. The van der Waals surface area contributed by atoms with Gasteiger partial charge in [-0.3, -0.25) is 20.4 Å². The first-order valence-electron chi connectivity index (χ1n) is 6.33. The van der Waals surface area contributed by atoms with Crippen molar-refractivity contribution in [3.63, 3.8) is 0 Å². The first-order chi connectivity index (χ1) is 11.1. The molecule has 8 nitrogen and oxygen atoms in total. The molecule has 0 saturated carbocycles. The molecular formula is C13H9BrN6O2S. The van der Waals surface area contributed by atoms with Crippen LogP contribution < -0.4 is 10.9 Å². The SMILES string of the molecule is O=C(NNC(=O)c1ccc(Br)s1)c1ccc(-n2cnnn2)cc1. The minimum Gasteiger partial charge on any atom is -0.267 e. The Morgan fingerprint density at radius 1 is 1.04 bits per heavy atom. The summed E-state index contributed by atoms with van der Waals surface area (Å²) < 4.78 is 2.31. The predicted octanol–water partition coefficient (Wildman–Crippen LogP) is 1.56. The number of carbonyl (C=O) groups is 2. The fourth-order valence-electron chi connectivity index (χ4n) is 1.73. The number of carbonyl (C=O) groups excluding carboxylic acids is 2. The summed E-state index contributed by atoms with van der Waals surface area (Å²) in [5.74, 6) is -0.795. The summed E-state index contributed by atoms with van der Waals surface area (Å²) in [7, 11) is 0. The minimum atomic E-state index is -0.419. The lowest BCUT2D eigenvalue weighted by Gasteiger charge is -2.07. The van der Waals surface area contributed by atoms with Crippen LogP contribution in [0.25, 0.3) is 5.69 Å². The van der Waals surface area contributed by atoms with Crippen molar-refractivity contribution in [2.24, 2.45) is 0 Å². The number of rotatable bonds is 3. The second kappa shape index (κ2) is 6.67. The number of tetrazole rings is 1. The van der Waals surface area contributed by atoms with Gasteiger partial charge in [0.05, 0.1) is 14.4 Å². The third-order valence-corrected chi connectivity index (χ3v) is 4.45. The molecule has 0 aliphatic carbocycles. The van der Waals surface area contributed by atoms with Crippen molar-refractivity contribution in [2.75, 3.05) is 0 Å². The lowest BCUT2D eigenvalue weighted by molar-refractivity contribution is 0.0849. The van der Waals surface area contributed by atoms with Gasteiger partial charge in [0.1, 0.15) is 6.33 Å². The largest absolute Gasteiger partial charge is 0.279 e. The Balaban J connectivity index is 1.61. The molecule has 1 aromatic carbocycles. The number of amides is 2. The molecule has 3 aromatic rings. The Hall–Kier alpha value is -2.59. The van der Waals surface area contributed by atoms with E-state index in [-0.39, 0.29) is 5.91 Å². The van der Waals surface area contributed by atoms with Crippen LogP contribution in [0.3, 0.4) is 0 Å². The van der Waals surface area contributed by atoms with Crippen LogP contribution in [0.5, 0.6) is 0 Å². The van der Waals surface area contributed by atoms with Crippen LogP contribution in [-0.4, -0.2) is 32.0 Å². The Morgan fingerprint density at radius 2 is 1.78 bits per heavy atom. The average molecular weight is 393 g/mol. The standard InChI is InChI=1S/C13H9BrN6O2S/c14-11-6-5-10(23-11)13(22)17-16-12(21)8-1-3-9(4-2-8)20-7-15-18-19-20/h1-7H,(H,16,21)(H,17,22). The van der Waals surface area contributed by atoms with Gasteiger partial charge in [0.2, 0.25) is 0 Å². The molecule has 0 radical (unpaired) electrons. The van der Waals surface area contributed by atoms with Crippen molar-refractivity contribution in [3.8, 4) is 5.69 Å². The zero-order valence-electron chi connectivity index (χ0n) is 11.4. The van der Waals surface area contributed by atoms with Crippen LogP contribution in [-0.2, 0) is 0 Å². The van der Waals surface area contributed by atoms with Crippen LogP contribution in [0.4, 0.5) is 0 Å². The van der Waals surface area contributed by atoms with Crippen molar-refractivity contribution in [3.05, 3.63) is 57.0 Å². The van der Waals surface area contributed by atoms with E-state index in [0.29, 0.717) is 10.4 Å². The zero-order chi connectivity index (χ0) is 16.2. The van der Waals surface area contributed by atoms with E-state index < -0.39 is 5.91 Å². The van der Waals surface area contributed by atoms with E-state index >= 15 is 0 Å². The van der Waals surface area contributed by atoms with Crippen LogP contribution in [0, 0.1) is 0 Å². The molecule has 116 valence electrons. The van der Waals surface area contributed by atoms with Gasteiger partial charge < -0.3 is 0 Å². The molecule has 0 bridgehead atoms. The van der Waals surface area contributed by atoms with E-state index in [1.54, 1.807) is 36.4 Å². The van der Waals surface area contributed by atoms with Gasteiger partial charge in [0.25, 0.3) is 11.8 Å². The number of hydrogen-bond acceptors (Lipinski definition) is 6. The van der Waals surface area contributed by atoms with Crippen molar-refractivity contribution in [2.45, 2.75) is 0 Å². The topological polar surface area (TPSA) is 102 Å². The first-order valence-corrected chi connectivity index (χ1v) is 7.94. The van der Waals surface area contributed by atoms with Crippen molar-refractivity contribution in [1.82, 2.24) is 31.1 Å². The minimum absolute atomic E-state index is 0.376.